The fraction of sp³-hybridized carbons (Fsp3) is 0.571. The van der Waals surface area contributed by atoms with Gasteiger partial charge in [-0.2, -0.15) is 0 Å². The standard InChI is InChI=1S/C14H21BrO/c1-10(2)7-11(3)9-16-14-6-5-13(15)8-12(14)4/h5-6,8,10-11H,7,9H2,1-4H3/t11-/m1/s1. The third kappa shape index (κ3) is 4.56. The fourth-order valence-electron chi connectivity index (χ4n) is 1.88. The van der Waals surface area contributed by atoms with Crippen molar-refractivity contribution in [2.75, 3.05) is 6.61 Å². The molecule has 0 amide bonds. The van der Waals surface area contributed by atoms with E-state index in [1.165, 1.54) is 12.0 Å². The van der Waals surface area contributed by atoms with E-state index in [4.69, 9.17) is 4.74 Å². The third-order valence-electron chi connectivity index (χ3n) is 2.53. The van der Waals surface area contributed by atoms with Gasteiger partial charge in [-0.05, 0) is 48.9 Å². The van der Waals surface area contributed by atoms with Crippen molar-refractivity contribution in [1.82, 2.24) is 0 Å². The quantitative estimate of drug-likeness (QED) is 0.753. The molecule has 0 saturated carbocycles. The van der Waals surface area contributed by atoms with Crippen molar-refractivity contribution in [2.24, 2.45) is 11.8 Å². The second kappa shape index (κ2) is 6.29. The van der Waals surface area contributed by atoms with Gasteiger partial charge in [0.05, 0.1) is 6.61 Å². The summed E-state index contributed by atoms with van der Waals surface area (Å²) in [5.74, 6) is 2.35. The highest BCUT2D eigenvalue weighted by Crippen LogP contribution is 2.23. The Bertz CT molecular complexity index is 334. The largest absolute Gasteiger partial charge is 0.493 e. The molecule has 0 saturated heterocycles. The number of benzene rings is 1. The Morgan fingerprint density at radius 3 is 2.50 bits per heavy atom. The molecule has 1 aromatic carbocycles. The van der Waals surface area contributed by atoms with Gasteiger partial charge in [-0.15, -0.1) is 0 Å². The Balaban J connectivity index is 2.48. The van der Waals surface area contributed by atoms with Crippen molar-refractivity contribution < 1.29 is 4.74 Å². The molecule has 0 N–H and O–H groups in total. The van der Waals surface area contributed by atoms with E-state index in [-0.39, 0.29) is 0 Å². The van der Waals surface area contributed by atoms with E-state index < -0.39 is 0 Å². The second-order valence-electron chi connectivity index (χ2n) is 4.96. The normalized spacial score (nSPS) is 12.9. The summed E-state index contributed by atoms with van der Waals surface area (Å²) in [6, 6.07) is 6.14. The third-order valence-corrected chi connectivity index (χ3v) is 3.03. The maximum atomic E-state index is 5.83. The molecule has 0 aliphatic rings. The highest BCUT2D eigenvalue weighted by molar-refractivity contribution is 9.10. The predicted molar refractivity (Wildman–Crippen MR) is 73.0 cm³/mol. The monoisotopic (exact) mass is 284 g/mol. The number of rotatable bonds is 5. The average molecular weight is 285 g/mol. The summed E-state index contributed by atoms with van der Waals surface area (Å²) in [7, 11) is 0. The van der Waals surface area contributed by atoms with Crippen LogP contribution in [0.2, 0.25) is 0 Å². The van der Waals surface area contributed by atoms with Gasteiger partial charge in [-0.25, -0.2) is 0 Å². The molecule has 1 rings (SSSR count). The molecule has 1 atom stereocenters. The minimum Gasteiger partial charge on any atom is -0.493 e. The van der Waals surface area contributed by atoms with Gasteiger partial charge < -0.3 is 4.74 Å². The number of hydrogen-bond acceptors (Lipinski definition) is 1. The first-order valence-corrected chi connectivity index (χ1v) is 6.67. The molecule has 1 aromatic rings. The molecular formula is C14H21BrO. The van der Waals surface area contributed by atoms with Crippen LogP contribution >= 0.6 is 15.9 Å². The van der Waals surface area contributed by atoms with Gasteiger partial charge in [0.1, 0.15) is 5.75 Å². The molecule has 16 heavy (non-hydrogen) atoms. The highest BCUT2D eigenvalue weighted by atomic mass is 79.9. The molecule has 0 bridgehead atoms. The zero-order valence-corrected chi connectivity index (χ0v) is 12.2. The molecule has 0 radical (unpaired) electrons. The summed E-state index contributed by atoms with van der Waals surface area (Å²) in [5.41, 5.74) is 1.19. The first-order chi connectivity index (χ1) is 7.49. The lowest BCUT2D eigenvalue weighted by Crippen LogP contribution is -2.11. The smallest absolute Gasteiger partial charge is 0.122 e. The molecule has 1 nitrogen and oxygen atoms in total. The summed E-state index contributed by atoms with van der Waals surface area (Å²) in [5, 5.41) is 0. The van der Waals surface area contributed by atoms with Gasteiger partial charge >= 0.3 is 0 Å². The summed E-state index contributed by atoms with van der Waals surface area (Å²) in [4.78, 5) is 0. The maximum Gasteiger partial charge on any atom is 0.122 e. The Kier molecular flexibility index (Phi) is 5.33. The molecule has 0 aliphatic heterocycles. The van der Waals surface area contributed by atoms with Crippen molar-refractivity contribution in [3.8, 4) is 5.75 Å². The van der Waals surface area contributed by atoms with Gasteiger partial charge in [-0.3, -0.25) is 0 Å². The van der Waals surface area contributed by atoms with Gasteiger partial charge in [0.2, 0.25) is 0 Å². The van der Waals surface area contributed by atoms with E-state index in [0.717, 1.165) is 22.7 Å². The summed E-state index contributed by atoms with van der Waals surface area (Å²) in [6.45, 7) is 9.63. The van der Waals surface area contributed by atoms with E-state index in [2.05, 4.69) is 49.7 Å². The van der Waals surface area contributed by atoms with E-state index >= 15 is 0 Å². The lowest BCUT2D eigenvalue weighted by atomic mass is 10.00. The SMILES string of the molecule is Cc1cc(Br)ccc1OC[C@H](C)CC(C)C. The van der Waals surface area contributed by atoms with E-state index in [1.807, 2.05) is 12.1 Å². The average Bonchev–Trinajstić information content (AvgIpc) is 2.15. The van der Waals surface area contributed by atoms with Crippen molar-refractivity contribution in [2.45, 2.75) is 34.1 Å². The molecule has 0 heterocycles. The number of halogens is 1. The van der Waals surface area contributed by atoms with Gasteiger partial charge in [0, 0.05) is 4.47 Å². The molecule has 0 fully saturated rings. The molecular weight excluding hydrogens is 264 g/mol. The van der Waals surface area contributed by atoms with Crippen LogP contribution in [0.1, 0.15) is 32.8 Å². The van der Waals surface area contributed by atoms with Crippen LogP contribution in [-0.4, -0.2) is 6.61 Å². The molecule has 0 aromatic heterocycles. The minimum absolute atomic E-state index is 0.614. The predicted octanol–water partition coefficient (Wildman–Crippen LogP) is 4.82. The fourth-order valence-corrected chi connectivity index (χ4v) is 2.36. The first kappa shape index (κ1) is 13.6. The van der Waals surface area contributed by atoms with Crippen molar-refractivity contribution in [1.29, 1.82) is 0 Å². The molecule has 2 heteroatoms. The topological polar surface area (TPSA) is 9.23 Å². The first-order valence-electron chi connectivity index (χ1n) is 5.88. The zero-order valence-electron chi connectivity index (χ0n) is 10.6. The van der Waals surface area contributed by atoms with Gasteiger partial charge in [-0.1, -0.05) is 36.7 Å². The Labute approximate surface area is 107 Å². The zero-order chi connectivity index (χ0) is 12.1. The molecule has 0 unspecified atom stereocenters. The molecule has 0 aliphatic carbocycles. The van der Waals surface area contributed by atoms with Crippen LogP contribution in [0.3, 0.4) is 0 Å². The van der Waals surface area contributed by atoms with E-state index in [1.54, 1.807) is 0 Å². The molecule has 90 valence electrons. The molecule has 0 spiro atoms. The van der Waals surface area contributed by atoms with Crippen molar-refractivity contribution >= 4 is 15.9 Å². The van der Waals surface area contributed by atoms with Crippen molar-refractivity contribution in [3.63, 3.8) is 0 Å². The Hall–Kier alpha value is -0.500. The van der Waals surface area contributed by atoms with Crippen LogP contribution in [0, 0.1) is 18.8 Å². The Morgan fingerprint density at radius 2 is 1.94 bits per heavy atom. The lowest BCUT2D eigenvalue weighted by molar-refractivity contribution is 0.237. The Morgan fingerprint density at radius 1 is 1.25 bits per heavy atom. The number of hydrogen-bond donors (Lipinski definition) is 0. The number of ether oxygens (including phenoxy) is 1. The lowest BCUT2D eigenvalue weighted by Gasteiger charge is -2.16. The van der Waals surface area contributed by atoms with Crippen LogP contribution in [0.25, 0.3) is 0 Å². The van der Waals surface area contributed by atoms with Crippen LogP contribution in [0.5, 0.6) is 5.75 Å². The maximum absolute atomic E-state index is 5.83. The summed E-state index contributed by atoms with van der Waals surface area (Å²) < 4.78 is 6.94. The number of aryl methyl sites for hydroxylation is 1. The minimum atomic E-state index is 0.614. The van der Waals surface area contributed by atoms with Crippen LogP contribution < -0.4 is 4.74 Å². The van der Waals surface area contributed by atoms with Crippen LogP contribution in [0.15, 0.2) is 22.7 Å². The van der Waals surface area contributed by atoms with E-state index in [9.17, 15) is 0 Å². The summed E-state index contributed by atoms with van der Waals surface area (Å²) in [6.07, 6.45) is 1.22. The van der Waals surface area contributed by atoms with Crippen LogP contribution in [0.4, 0.5) is 0 Å². The second-order valence-corrected chi connectivity index (χ2v) is 5.87. The summed E-state index contributed by atoms with van der Waals surface area (Å²) >= 11 is 3.45. The van der Waals surface area contributed by atoms with Gasteiger partial charge in [0.25, 0.3) is 0 Å². The highest BCUT2D eigenvalue weighted by Gasteiger charge is 2.07. The van der Waals surface area contributed by atoms with E-state index in [0.29, 0.717) is 5.92 Å². The van der Waals surface area contributed by atoms with Crippen molar-refractivity contribution in [3.05, 3.63) is 28.2 Å². The van der Waals surface area contributed by atoms with Gasteiger partial charge in [0.15, 0.2) is 0 Å². The van der Waals surface area contributed by atoms with Crippen LogP contribution in [-0.2, 0) is 0 Å².